The van der Waals surface area contributed by atoms with E-state index in [4.69, 9.17) is 14.2 Å². The molecule has 0 aromatic heterocycles. The topological polar surface area (TPSA) is 51.2 Å². The SMILES string of the molecule is CCN(CCOC)CC(O)c1ccc2c(c1)OCO2. The number of benzene rings is 1. The highest BCUT2D eigenvalue weighted by molar-refractivity contribution is 5.45. The van der Waals surface area contributed by atoms with Crippen LogP contribution in [0.2, 0.25) is 0 Å². The summed E-state index contributed by atoms with van der Waals surface area (Å²) in [5.41, 5.74) is 0.847. The number of nitrogens with zero attached hydrogens (tertiary/aromatic N) is 1. The Morgan fingerprint density at radius 3 is 2.89 bits per heavy atom. The van der Waals surface area contributed by atoms with Crippen molar-refractivity contribution in [1.82, 2.24) is 4.90 Å². The number of likely N-dealkylation sites (N-methyl/N-ethyl adjacent to an activating group) is 1. The second kappa shape index (κ2) is 6.75. The Labute approximate surface area is 113 Å². The van der Waals surface area contributed by atoms with E-state index in [0.717, 1.165) is 24.4 Å². The van der Waals surface area contributed by atoms with Gasteiger partial charge in [0.15, 0.2) is 11.5 Å². The monoisotopic (exact) mass is 267 g/mol. The van der Waals surface area contributed by atoms with Crippen LogP contribution in [0.15, 0.2) is 18.2 Å². The van der Waals surface area contributed by atoms with E-state index in [1.165, 1.54) is 0 Å². The minimum atomic E-state index is -0.536. The van der Waals surface area contributed by atoms with E-state index in [1.807, 2.05) is 18.2 Å². The Bertz CT molecular complexity index is 410. The van der Waals surface area contributed by atoms with Crippen molar-refractivity contribution < 1.29 is 19.3 Å². The minimum Gasteiger partial charge on any atom is -0.454 e. The van der Waals surface area contributed by atoms with Gasteiger partial charge in [-0.2, -0.15) is 0 Å². The van der Waals surface area contributed by atoms with E-state index in [0.29, 0.717) is 18.9 Å². The standard InChI is InChI=1S/C14H21NO4/c1-3-15(6-7-17-2)9-12(16)11-4-5-13-14(8-11)19-10-18-13/h4-5,8,12,16H,3,6-7,9-10H2,1-2H3. The van der Waals surface area contributed by atoms with Crippen molar-refractivity contribution in [2.75, 3.05) is 40.1 Å². The van der Waals surface area contributed by atoms with Crippen LogP contribution in [0.5, 0.6) is 11.5 Å². The van der Waals surface area contributed by atoms with Crippen LogP contribution in [0.1, 0.15) is 18.6 Å². The summed E-state index contributed by atoms with van der Waals surface area (Å²) in [7, 11) is 1.68. The molecule has 19 heavy (non-hydrogen) atoms. The van der Waals surface area contributed by atoms with Crippen LogP contribution in [-0.4, -0.2) is 50.2 Å². The largest absolute Gasteiger partial charge is 0.454 e. The van der Waals surface area contributed by atoms with E-state index < -0.39 is 6.10 Å². The lowest BCUT2D eigenvalue weighted by molar-refractivity contribution is 0.0919. The Hall–Kier alpha value is -1.30. The smallest absolute Gasteiger partial charge is 0.231 e. The molecule has 1 heterocycles. The predicted octanol–water partition coefficient (Wildman–Crippen LogP) is 1.42. The van der Waals surface area contributed by atoms with Crippen LogP contribution < -0.4 is 9.47 Å². The summed E-state index contributed by atoms with van der Waals surface area (Å²) in [5, 5.41) is 10.3. The van der Waals surface area contributed by atoms with Gasteiger partial charge in [-0.25, -0.2) is 0 Å². The molecule has 0 amide bonds. The van der Waals surface area contributed by atoms with Gasteiger partial charge in [-0.1, -0.05) is 13.0 Å². The quantitative estimate of drug-likeness (QED) is 0.809. The summed E-state index contributed by atoms with van der Waals surface area (Å²) in [5.74, 6) is 1.44. The van der Waals surface area contributed by atoms with Gasteiger partial charge in [-0.05, 0) is 24.2 Å². The summed E-state index contributed by atoms with van der Waals surface area (Å²) in [6.45, 7) is 5.27. The Balaban J connectivity index is 1.96. The van der Waals surface area contributed by atoms with Crippen LogP contribution in [0.25, 0.3) is 0 Å². The van der Waals surface area contributed by atoms with Crippen LogP contribution in [-0.2, 0) is 4.74 Å². The Morgan fingerprint density at radius 1 is 1.37 bits per heavy atom. The van der Waals surface area contributed by atoms with Gasteiger partial charge >= 0.3 is 0 Å². The first kappa shape index (κ1) is 14.1. The van der Waals surface area contributed by atoms with Crippen molar-refractivity contribution in [3.05, 3.63) is 23.8 Å². The zero-order valence-corrected chi connectivity index (χ0v) is 11.5. The van der Waals surface area contributed by atoms with Crippen LogP contribution in [0.3, 0.4) is 0 Å². The first-order valence-electron chi connectivity index (χ1n) is 6.53. The van der Waals surface area contributed by atoms with E-state index in [-0.39, 0.29) is 6.79 Å². The molecule has 5 nitrogen and oxygen atoms in total. The molecule has 0 saturated carbocycles. The molecule has 0 aliphatic carbocycles. The molecule has 1 atom stereocenters. The maximum Gasteiger partial charge on any atom is 0.231 e. The molecular weight excluding hydrogens is 246 g/mol. The second-order valence-electron chi connectivity index (χ2n) is 4.51. The van der Waals surface area contributed by atoms with Gasteiger partial charge in [0.05, 0.1) is 12.7 Å². The normalized spacial score (nSPS) is 14.9. The lowest BCUT2D eigenvalue weighted by Crippen LogP contribution is -2.31. The summed E-state index contributed by atoms with van der Waals surface area (Å²) in [6.07, 6.45) is -0.536. The molecule has 1 aromatic carbocycles. The first-order chi connectivity index (χ1) is 9.24. The van der Waals surface area contributed by atoms with Gasteiger partial charge < -0.3 is 19.3 Å². The third-order valence-corrected chi connectivity index (χ3v) is 3.27. The lowest BCUT2D eigenvalue weighted by atomic mass is 10.1. The molecule has 1 aromatic rings. The summed E-state index contributed by atoms with van der Waals surface area (Å²) in [4.78, 5) is 2.15. The number of aliphatic hydroxyl groups excluding tert-OH is 1. The third-order valence-electron chi connectivity index (χ3n) is 3.27. The average molecular weight is 267 g/mol. The highest BCUT2D eigenvalue weighted by atomic mass is 16.7. The number of hydrogen-bond donors (Lipinski definition) is 1. The van der Waals surface area contributed by atoms with Crippen molar-refractivity contribution >= 4 is 0 Å². The van der Waals surface area contributed by atoms with Gasteiger partial charge in [0.1, 0.15) is 0 Å². The fourth-order valence-corrected chi connectivity index (χ4v) is 2.07. The highest BCUT2D eigenvalue weighted by Gasteiger charge is 2.18. The van der Waals surface area contributed by atoms with Gasteiger partial charge in [-0.3, -0.25) is 4.90 Å². The number of fused-ring (bicyclic) bond motifs is 1. The van der Waals surface area contributed by atoms with E-state index in [1.54, 1.807) is 7.11 Å². The van der Waals surface area contributed by atoms with E-state index in [9.17, 15) is 5.11 Å². The minimum absolute atomic E-state index is 0.254. The molecule has 2 rings (SSSR count). The van der Waals surface area contributed by atoms with Crippen molar-refractivity contribution in [3.8, 4) is 11.5 Å². The van der Waals surface area contributed by atoms with Crippen molar-refractivity contribution in [3.63, 3.8) is 0 Å². The molecule has 0 saturated heterocycles. The van der Waals surface area contributed by atoms with Gasteiger partial charge in [0.25, 0.3) is 0 Å². The van der Waals surface area contributed by atoms with E-state index >= 15 is 0 Å². The fourth-order valence-electron chi connectivity index (χ4n) is 2.07. The average Bonchev–Trinajstić information content (AvgIpc) is 2.90. The maximum absolute atomic E-state index is 10.3. The first-order valence-corrected chi connectivity index (χ1v) is 6.53. The van der Waals surface area contributed by atoms with Crippen LogP contribution >= 0.6 is 0 Å². The van der Waals surface area contributed by atoms with Crippen molar-refractivity contribution in [1.29, 1.82) is 0 Å². The maximum atomic E-state index is 10.3. The van der Waals surface area contributed by atoms with Crippen molar-refractivity contribution in [2.45, 2.75) is 13.0 Å². The Kier molecular flexibility index (Phi) is 5.01. The fraction of sp³-hybridized carbons (Fsp3) is 0.571. The Morgan fingerprint density at radius 2 is 2.16 bits per heavy atom. The molecule has 0 bridgehead atoms. The van der Waals surface area contributed by atoms with Gasteiger partial charge in [0, 0.05) is 20.2 Å². The number of ether oxygens (including phenoxy) is 3. The van der Waals surface area contributed by atoms with Gasteiger partial charge in [0.2, 0.25) is 6.79 Å². The molecule has 1 aliphatic rings. The molecule has 1 unspecified atom stereocenters. The molecular formula is C14H21NO4. The molecule has 0 radical (unpaired) electrons. The van der Waals surface area contributed by atoms with Crippen LogP contribution in [0, 0.1) is 0 Å². The molecule has 0 spiro atoms. The zero-order chi connectivity index (χ0) is 13.7. The van der Waals surface area contributed by atoms with Gasteiger partial charge in [-0.15, -0.1) is 0 Å². The number of aliphatic hydroxyl groups is 1. The summed E-state index contributed by atoms with van der Waals surface area (Å²) in [6, 6.07) is 5.56. The second-order valence-corrected chi connectivity index (χ2v) is 4.51. The lowest BCUT2D eigenvalue weighted by Gasteiger charge is -2.23. The van der Waals surface area contributed by atoms with Crippen LogP contribution in [0.4, 0.5) is 0 Å². The summed E-state index contributed by atoms with van der Waals surface area (Å²) >= 11 is 0. The number of methoxy groups -OCH3 is 1. The predicted molar refractivity (Wildman–Crippen MR) is 71.5 cm³/mol. The van der Waals surface area contributed by atoms with E-state index in [2.05, 4.69) is 11.8 Å². The highest BCUT2D eigenvalue weighted by Crippen LogP contribution is 2.34. The molecule has 5 heteroatoms. The number of hydrogen-bond acceptors (Lipinski definition) is 5. The van der Waals surface area contributed by atoms with Crippen molar-refractivity contribution in [2.24, 2.45) is 0 Å². The third kappa shape index (κ3) is 3.59. The number of rotatable bonds is 7. The molecule has 106 valence electrons. The molecule has 0 fully saturated rings. The molecule has 1 N–H and O–H groups in total. The summed E-state index contributed by atoms with van der Waals surface area (Å²) < 4.78 is 15.6. The molecule has 1 aliphatic heterocycles. The zero-order valence-electron chi connectivity index (χ0n) is 11.5.